The van der Waals surface area contributed by atoms with Gasteiger partial charge in [-0.25, -0.2) is 0 Å². The van der Waals surface area contributed by atoms with E-state index in [4.69, 9.17) is 0 Å². The van der Waals surface area contributed by atoms with Crippen molar-refractivity contribution in [3.63, 3.8) is 0 Å². The summed E-state index contributed by atoms with van der Waals surface area (Å²) in [6, 6.07) is 0.650. The standard InChI is InChI=1S/C7H16N/c1-4-6-7(3)8-5-2/h7-8H,2,4-6H2,1,3H3. The Bertz CT molecular complexity index is 37.7. The zero-order valence-corrected chi connectivity index (χ0v) is 5.91. The zero-order valence-electron chi connectivity index (χ0n) is 5.91. The fourth-order valence-electron chi connectivity index (χ4n) is 0.781. The Morgan fingerprint density at radius 2 is 2.25 bits per heavy atom. The van der Waals surface area contributed by atoms with E-state index in [0.29, 0.717) is 6.04 Å². The predicted octanol–water partition coefficient (Wildman–Crippen LogP) is 1.60. The maximum absolute atomic E-state index is 3.70. The minimum absolute atomic E-state index is 0.650. The van der Waals surface area contributed by atoms with Crippen LogP contribution in [0.4, 0.5) is 0 Å². The van der Waals surface area contributed by atoms with Gasteiger partial charge < -0.3 is 5.32 Å². The molecule has 49 valence electrons. The summed E-state index contributed by atoms with van der Waals surface area (Å²) in [5, 5.41) is 3.24. The summed E-state index contributed by atoms with van der Waals surface area (Å²) in [5.41, 5.74) is 0. The van der Waals surface area contributed by atoms with Crippen LogP contribution in [0.2, 0.25) is 0 Å². The van der Waals surface area contributed by atoms with Crippen LogP contribution < -0.4 is 5.32 Å². The highest BCUT2D eigenvalue weighted by molar-refractivity contribution is 4.58. The van der Waals surface area contributed by atoms with E-state index in [-0.39, 0.29) is 0 Å². The molecule has 0 spiro atoms. The molecule has 0 saturated heterocycles. The van der Waals surface area contributed by atoms with Crippen LogP contribution in [-0.4, -0.2) is 12.6 Å². The van der Waals surface area contributed by atoms with Gasteiger partial charge in [0.15, 0.2) is 0 Å². The van der Waals surface area contributed by atoms with E-state index in [9.17, 15) is 0 Å². The van der Waals surface area contributed by atoms with Gasteiger partial charge in [-0.05, 0) is 26.8 Å². The molecule has 0 aliphatic carbocycles. The van der Waals surface area contributed by atoms with Crippen LogP contribution in [0.25, 0.3) is 0 Å². The molecular formula is C7H16N. The van der Waals surface area contributed by atoms with Crippen molar-refractivity contribution in [1.29, 1.82) is 0 Å². The molecule has 1 N–H and O–H groups in total. The van der Waals surface area contributed by atoms with Gasteiger partial charge in [0.2, 0.25) is 0 Å². The van der Waals surface area contributed by atoms with Gasteiger partial charge in [0.1, 0.15) is 0 Å². The second-order valence-electron chi connectivity index (χ2n) is 2.14. The van der Waals surface area contributed by atoms with Gasteiger partial charge in [0.25, 0.3) is 0 Å². The summed E-state index contributed by atoms with van der Waals surface area (Å²) in [6.45, 7) is 8.93. The normalized spacial score (nSPS) is 13.9. The first-order chi connectivity index (χ1) is 3.81. The quantitative estimate of drug-likeness (QED) is 0.585. The zero-order chi connectivity index (χ0) is 6.41. The molecule has 0 aromatic heterocycles. The SMILES string of the molecule is [CH2]CNC(C)CCC. The van der Waals surface area contributed by atoms with Crippen molar-refractivity contribution in [2.45, 2.75) is 32.7 Å². The lowest BCUT2D eigenvalue weighted by Crippen LogP contribution is -2.24. The molecule has 0 rings (SSSR count). The predicted molar refractivity (Wildman–Crippen MR) is 37.7 cm³/mol. The van der Waals surface area contributed by atoms with E-state index < -0.39 is 0 Å². The molecular weight excluding hydrogens is 98.1 g/mol. The van der Waals surface area contributed by atoms with Crippen LogP contribution >= 0.6 is 0 Å². The maximum Gasteiger partial charge on any atom is 0.00386 e. The number of nitrogens with one attached hydrogen (secondary N) is 1. The topological polar surface area (TPSA) is 12.0 Å². The van der Waals surface area contributed by atoms with Gasteiger partial charge in [-0.2, -0.15) is 0 Å². The summed E-state index contributed by atoms with van der Waals surface area (Å²) < 4.78 is 0. The average Bonchev–Trinajstić information content (AvgIpc) is 1.68. The van der Waals surface area contributed by atoms with Crippen LogP contribution in [-0.2, 0) is 0 Å². The van der Waals surface area contributed by atoms with Crippen molar-refractivity contribution in [1.82, 2.24) is 5.32 Å². The smallest absolute Gasteiger partial charge is 0.00386 e. The summed E-state index contributed by atoms with van der Waals surface area (Å²) >= 11 is 0. The maximum atomic E-state index is 3.70. The lowest BCUT2D eigenvalue weighted by molar-refractivity contribution is 0.535. The summed E-state index contributed by atoms with van der Waals surface area (Å²) in [6.07, 6.45) is 2.52. The fourth-order valence-corrected chi connectivity index (χ4v) is 0.781. The molecule has 0 bridgehead atoms. The van der Waals surface area contributed by atoms with Gasteiger partial charge >= 0.3 is 0 Å². The monoisotopic (exact) mass is 114 g/mol. The Hall–Kier alpha value is -0.0400. The van der Waals surface area contributed by atoms with E-state index in [1.165, 1.54) is 12.8 Å². The van der Waals surface area contributed by atoms with E-state index in [2.05, 4.69) is 26.1 Å². The Labute approximate surface area is 52.5 Å². The minimum atomic E-state index is 0.650. The summed E-state index contributed by atoms with van der Waals surface area (Å²) in [4.78, 5) is 0. The van der Waals surface area contributed by atoms with Crippen molar-refractivity contribution < 1.29 is 0 Å². The lowest BCUT2D eigenvalue weighted by atomic mass is 10.2. The number of hydrogen-bond donors (Lipinski definition) is 1. The minimum Gasteiger partial charge on any atom is -0.314 e. The molecule has 1 heteroatoms. The number of hydrogen-bond acceptors (Lipinski definition) is 1. The summed E-state index contributed by atoms with van der Waals surface area (Å²) in [7, 11) is 0. The molecule has 1 unspecified atom stereocenters. The highest BCUT2D eigenvalue weighted by atomic mass is 14.9. The Morgan fingerprint density at radius 3 is 2.62 bits per heavy atom. The summed E-state index contributed by atoms with van der Waals surface area (Å²) in [5.74, 6) is 0. The molecule has 1 nitrogen and oxygen atoms in total. The highest BCUT2D eigenvalue weighted by Gasteiger charge is 1.93. The van der Waals surface area contributed by atoms with Crippen LogP contribution in [0.1, 0.15) is 26.7 Å². The van der Waals surface area contributed by atoms with Crippen molar-refractivity contribution in [3.05, 3.63) is 6.92 Å². The second-order valence-corrected chi connectivity index (χ2v) is 2.14. The van der Waals surface area contributed by atoms with Gasteiger partial charge in [-0.1, -0.05) is 13.3 Å². The van der Waals surface area contributed by atoms with Crippen molar-refractivity contribution >= 4 is 0 Å². The Morgan fingerprint density at radius 1 is 1.62 bits per heavy atom. The van der Waals surface area contributed by atoms with E-state index >= 15 is 0 Å². The first-order valence-electron chi connectivity index (χ1n) is 3.33. The molecule has 1 atom stereocenters. The van der Waals surface area contributed by atoms with E-state index in [1.807, 2.05) is 0 Å². The molecule has 0 aromatic carbocycles. The second kappa shape index (κ2) is 5.10. The van der Waals surface area contributed by atoms with Crippen LogP contribution in [0, 0.1) is 6.92 Å². The molecule has 0 aliphatic heterocycles. The first-order valence-corrected chi connectivity index (χ1v) is 3.33. The molecule has 0 amide bonds. The highest BCUT2D eigenvalue weighted by Crippen LogP contribution is 1.92. The molecule has 0 fully saturated rings. The van der Waals surface area contributed by atoms with E-state index in [1.54, 1.807) is 0 Å². The average molecular weight is 114 g/mol. The van der Waals surface area contributed by atoms with Crippen LogP contribution in [0.5, 0.6) is 0 Å². The lowest BCUT2D eigenvalue weighted by Gasteiger charge is -2.08. The third kappa shape index (κ3) is 4.13. The largest absolute Gasteiger partial charge is 0.314 e. The van der Waals surface area contributed by atoms with Gasteiger partial charge in [-0.3, -0.25) is 0 Å². The molecule has 8 heavy (non-hydrogen) atoms. The molecule has 0 heterocycles. The Kier molecular flexibility index (Phi) is 5.08. The molecule has 0 saturated carbocycles. The van der Waals surface area contributed by atoms with Crippen LogP contribution in [0.3, 0.4) is 0 Å². The van der Waals surface area contributed by atoms with Gasteiger partial charge in [0.05, 0.1) is 0 Å². The molecule has 0 aromatic rings. The fraction of sp³-hybridized carbons (Fsp3) is 0.857. The molecule has 0 aliphatic rings. The van der Waals surface area contributed by atoms with Crippen molar-refractivity contribution in [2.24, 2.45) is 0 Å². The Balaban J connectivity index is 2.92. The van der Waals surface area contributed by atoms with Gasteiger partial charge in [0, 0.05) is 6.04 Å². The first kappa shape index (κ1) is 7.96. The van der Waals surface area contributed by atoms with E-state index in [0.717, 1.165) is 6.54 Å². The third-order valence-corrected chi connectivity index (χ3v) is 1.21. The number of rotatable bonds is 4. The third-order valence-electron chi connectivity index (χ3n) is 1.21. The van der Waals surface area contributed by atoms with Gasteiger partial charge in [-0.15, -0.1) is 0 Å². The molecule has 1 radical (unpaired) electrons. The van der Waals surface area contributed by atoms with Crippen molar-refractivity contribution in [3.8, 4) is 0 Å². The van der Waals surface area contributed by atoms with Crippen LogP contribution in [0.15, 0.2) is 0 Å². The van der Waals surface area contributed by atoms with Crippen molar-refractivity contribution in [2.75, 3.05) is 6.54 Å².